The SMILES string of the molecule is COc1nc(N)nc2c1ncn2[C@@]1([SiH](C)C)O[C@H](COC(C)(C)C)[C@@H](OC(=O)c2ccccc2)[C@@H]1OC(C)(C)C. The van der Waals surface area contributed by atoms with E-state index >= 15 is 0 Å². The van der Waals surface area contributed by atoms with Gasteiger partial charge in [-0.15, -0.1) is 0 Å². The second-order valence-corrected chi connectivity index (χ2v) is 15.4. The number of rotatable bonds is 8. The van der Waals surface area contributed by atoms with Gasteiger partial charge in [0.25, 0.3) is 0 Å². The Hall–Kier alpha value is -3.06. The summed E-state index contributed by atoms with van der Waals surface area (Å²) < 4.78 is 33.5. The molecule has 0 bridgehead atoms. The van der Waals surface area contributed by atoms with Crippen molar-refractivity contribution < 1.29 is 28.5 Å². The molecule has 2 N–H and O–H groups in total. The third-order valence-electron chi connectivity index (χ3n) is 6.60. The van der Waals surface area contributed by atoms with Crippen LogP contribution in [0.5, 0.6) is 5.88 Å². The summed E-state index contributed by atoms with van der Waals surface area (Å²) in [6.07, 6.45) is -0.522. The number of anilines is 1. The van der Waals surface area contributed by atoms with Crippen LogP contribution >= 0.6 is 0 Å². The minimum atomic E-state index is -1.92. The first kappa shape index (κ1) is 29.9. The van der Waals surface area contributed by atoms with Gasteiger partial charge in [-0.25, -0.2) is 9.78 Å². The predicted molar refractivity (Wildman–Crippen MR) is 154 cm³/mol. The lowest BCUT2D eigenvalue weighted by Gasteiger charge is -2.41. The highest BCUT2D eigenvalue weighted by Crippen LogP contribution is 2.45. The number of aromatic nitrogens is 4. The van der Waals surface area contributed by atoms with Crippen molar-refractivity contribution in [3.63, 3.8) is 0 Å². The topological polar surface area (TPSA) is 133 Å². The average Bonchev–Trinajstić information content (AvgIpc) is 3.41. The number of benzene rings is 1. The monoisotopic (exact) mass is 571 g/mol. The summed E-state index contributed by atoms with van der Waals surface area (Å²) in [5.41, 5.74) is 6.33. The number of hydrogen-bond donors (Lipinski definition) is 1. The Bertz CT molecular complexity index is 1340. The molecular formula is C28H41N5O6Si. The van der Waals surface area contributed by atoms with Gasteiger partial charge in [0.05, 0.1) is 45.6 Å². The molecule has 1 aliphatic rings. The van der Waals surface area contributed by atoms with Crippen molar-refractivity contribution in [3.05, 3.63) is 42.2 Å². The molecule has 0 aliphatic carbocycles. The van der Waals surface area contributed by atoms with Crippen LogP contribution in [0.15, 0.2) is 36.7 Å². The number of methoxy groups -OCH3 is 1. The molecule has 12 heteroatoms. The van der Waals surface area contributed by atoms with Crippen molar-refractivity contribution >= 4 is 31.9 Å². The normalized spacial score (nSPS) is 23.6. The van der Waals surface area contributed by atoms with Gasteiger partial charge in [-0.1, -0.05) is 31.3 Å². The Kier molecular flexibility index (Phi) is 8.28. The number of carbonyl (C=O) groups excluding carboxylic acids is 1. The summed E-state index contributed by atoms with van der Waals surface area (Å²) in [5.74, 6) is -0.173. The standard InChI is InChI=1S/C28H41N5O6Si/c1-26(2,3)36-15-18-20(37-24(34)17-13-11-10-12-14-17)21(39-27(4,5)6)28(38-18,40(8)9)33-16-30-19-22(33)31-25(29)32-23(19)35-7/h10-14,16,18,20-21,40H,15H2,1-9H3,(H2,29,31,32)/t18-,20-,21+,28-/m1/s1. The number of fused-ring (bicyclic) bond motifs is 1. The van der Waals surface area contributed by atoms with Gasteiger partial charge in [0.15, 0.2) is 22.6 Å². The van der Waals surface area contributed by atoms with Gasteiger partial charge in [0.1, 0.15) is 12.2 Å². The Morgan fingerprint density at radius 2 is 1.77 bits per heavy atom. The number of ether oxygens (including phenoxy) is 5. The molecule has 218 valence electrons. The highest BCUT2D eigenvalue weighted by atomic mass is 28.3. The third kappa shape index (κ3) is 5.99. The smallest absolute Gasteiger partial charge is 0.338 e. The molecule has 11 nitrogen and oxygen atoms in total. The van der Waals surface area contributed by atoms with Crippen LogP contribution in [0.3, 0.4) is 0 Å². The molecule has 0 saturated carbocycles. The quantitative estimate of drug-likeness (QED) is 0.315. The van der Waals surface area contributed by atoms with Crippen molar-refractivity contribution in [1.29, 1.82) is 0 Å². The highest BCUT2D eigenvalue weighted by molar-refractivity contribution is 6.58. The van der Waals surface area contributed by atoms with Crippen LogP contribution in [0.2, 0.25) is 13.1 Å². The molecule has 0 spiro atoms. The molecule has 0 amide bonds. The summed E-state index contributed by atoms with van der Waals surface area (Å²) in [6, 6.07) is 8.88. The Morgan fingerprint density at radius 3 is 2.35 bits per heavy atom. The molecule has 1 fully saturated rings. The number of esters is 1. The largest absolute Gasteiger partial charge is 0.479 e. The molecule has 0 radical (unpaired) electrons. The Labute approximate surface area is 236 Å². The molecule has 1 saturated heterocycles. The molecule has 3 aromatic rings. The van der Waals surface area contributed by atoms with Crippen LogP contribution in [0.4, 0.5) is 5.95 Å². The van der Waals surface area contributed by atoms with Crippen molar-refractivity contribution in [2.45, 2.75) is 89.5 Å². The lowest BCUT2D eigenvalue weighted by atomic mass is 10.1. The van der Waals surface area contributed by atoms with E-state index in [9.17, 15) is 4.79 Å². The number of hydrogen-bond acceptors (Lipinski definition) is 10. The minimum Gasteiger partial charge on any atom is -0.479 e. The van der Waals surface area contributed by atoms with Crippen molar-refractivity contribution in [2.24, 2.45) is 0 Å². The van der Waals surface area contributed by atoms with E-state index in [1.54, 1.807) is 30.6 Å². The number of carbonyl (C=O) groups is 1. The minimum absolute atomic E-state index is 0.0395. The zero-order valence-corrected chi connectivity index (χ0v) is 26.0. The second kappa shape index (κ2) is 11.1. The zero-order chi connectivity index (χ0) is 29.5. The van der Waals surface area contributed by atoms with Crippen LogP contribution in [-0.2, 0) is 24.3 Å². The lowest BCUT2D eigenvalue weighted by molar-refractivity contribution is -0.154. The fraction of sp³-hybridized carbons (Fsp3) is 0.571. The maximum Gasteiger partial charge on any atom is 0.338 e. The maximum atomic E-state index is 13.4. The molecule has 3 heterocycles. The van der Waals surface area contributed by atoms with E-state index in [0.717, 1.165) is 0 Å². The van der Waals surface area contributed by atoms with Gasteiger partial charge < -0.3 is 29.4 Å². The molecule has 1 aromatic carbocycles. The van der Waals surface area contributed by atoms with Crippen molar-refractivity contribution in [1.82, 2.24) is 19.5 Å². The van der Waals surface area contributed by atoms with Gasteiger partial charge in [0, 0.05) is 0 Å². The van der Waals surface area contributed by atoms with Crippen LogP contribution in [0.1, 0.15) is 51.9 Å². The first-order valence-electron chi connectivity index (χ1n) is 13.5. The summed E-state index contributed by atoms with van der Waals surface area (Å²) >= 11 is 0. The van der Waals surface area contributed by atoms with E-state index in [0.29, 0.717) is 16.7 Å². The van der Waals surface area contributed by atoms with E-state index in [4.69, 9.17) is 29.4 Å². The van der Waals surface area contributed by atoms with Crippen molar-refractivity contribution in [3.8, 4) is 5.88 Å². The molecule has 40 heavy (non-hydrogen) atoms. The third-order valence-corrected chi connectivity index (χ3v) is 9.00. The molecule has 0 unspecified atom stereocenters. The molecular weight excluding hydrogens is 530 g/mol. The van der Waals surface area contributed by atoms with E-state index in [-0.39, 0.29) is 18.4 Å². The second-order valence-electron chi connectivity index (χ2n) is 12.3. The molecule has 4 atom stereocenters. The van der Waals surface area contributed by atoms with Crippen LogP contribution in [-0.4, -0.2) is 77.5 Å². The summed E-state index contributed by atoms with van der Waals surface area (Å²) in [4.78, 5) is 26.7. The fourth-order valence-electron chi connectivity index (χ4n) is 4.93. The van der Waals surface area contributed by atoms with E-state index in [1.807, 2.05) is 52.2 Å². The van der Waals surface area contributed by atoms with Crippen LogP contribution in [0, 0.1) is 0 Å². The van der Waals surface area contributed by atoms with E-state index in [1.165, 1.54) is 7.11 Å². The molecule has 4 rings (SSSR count). The highest BCUT2D eigenvalue weighted by Gasteiger charge is 2.62. The fourth-order valence-corrected chi connectivity index (χ4v) is 7.04. The number of nitrogens with zero attached hydrogens (tertiary/aromatic N) is 4. The van der Waals surface area contributed by atoms with Gasteiger partial charge in [-0.2, -0.15) is 9.97 Å². The molecule has 2 aromatic heterocycles. The van der Waals surface area contributed by atoms with Gasteiger partial charge in [0.2, 0.25) is 11.8 Å². The van der Waals surface area contributed by atoms with E-state index in [2.05, 4.69) is 28.0 Å². The first-order chi connectivity index (χ1) is 18.7. The lowest BCUT2D eigenvalue weighted by Crippen LogP contribution is -2.57. The predicted octanol–water partition coefficient (Wildman–Crippen LogP) is 3.72. The Morgan fingerprint density at radius 1 is 1.10 bits per heavy atom. The number of imidazole rings is 1. The van der Waals surface area contributed by atoms with E-state index < -0.39 is 49.6 Å². The van der Waals surface area contributed by atoms with Crippen molar-refractivity contribution in [2.75, 3.05) is 19.5 Å². The summed E-state index contributed by atoms with van der Waals surface area (Å²) in [6.45, 7) is 16.3. The van der Waals surface area contributed by atoms with Gasteiger partial charge in [-0.3, -0.25) is 4.57 Å². The number of nitrogens with two attached hydrogens (primary N) is 1. The summed E-state index contributed by atoms with van der Waals surface area (Å²) in [5, 5.41) is -1.08. The maximum absolute atomic E-state index is 13.4. The van der Waals surface area contributed by atoms with Crippen LogP contribution in [0.25, 0.3) is 11.2 Å². The molecule has 1 aliphatic heterocycles. The zero-order valence-electron chi connectivity index (χ0n) is 24.8. The van der Waals surface area contributed by atoms with Gasteiger partial charge >= 0.3 is 5.97 Å². The average molecular weight is 572 g/mol. The summed E-state index contributed by atoms with van der Waals surface area (Å²) in [7, 11) is -0.419. The van der Waals surface area contributed by atoms with Crippen LogP contribution < -0.4 is 10.5 Å². The number of nitrogen functional groups attached to an aromatic ring is 1. The first-order valence-corrected chi connectivity index (χ1v) is 16.4. The van der Waals surface area contributed by atoms with Gasteiger partial charge in [-0.05, 0) is 53.7 Å². The Balaban J connectivity index is 1.91.